The molecule has 6 nitrogen and oxygen atoms in total. The number of benzene rings is 2. The van der Waals surface area contributed by atoms with Crippen LogP contribution in [0, 0.1) is 0 Å². The van der Waals surface area contributed by atoms with Crippen molar-refractivity contribution in [1.82, 2.24) is 15.6 Å². The number of ether oxygens (including phenoxy) is 1. The van der Waals surface area contributed by atoms with Gasteiger partial charge < -0.3 is 19.8 Å². The molecule has 0 saturated carbocycles. The van der Waals surface area contributed by atoms with E-state index in [1.54, 1.807) is 20.4 Å². The maximum atomic E-state index is 5.57. The van der Waals surface area contributed by atoms with E-state index in [4.69, 9.17) is 9.15 Å². The van der Waals surface area contributed by atoms with Gasteiger partial charge in [0.25, 0.3) is 0 Å². The van der Waals surface area contributed by atoms with E-state index in [1.165, 1.54) is 0 Å². The maximum Gasteiger partial charge on any atom is 0.226 e. The molecule has 0 amide bonds. The fourth-order valence-corrected chi connectivity index (χ4v) is 2.93. The molecule has 3 rings (SSSR count). The monoisotopic (exact) mass is 378 g/mol. The van der Waals surface area contributed by atoms with Gasteiger partial charge in [0.1, 0.15) is 12.0 Å². The van der Waals surface area contributed by atoms with Gasteiger partial charge in [-0.25, -0.2) is 4.98 Å². The lowest BCUT2D eigenvalue weighted by molar-refractivity contribution is 0.406. The lowest BCUT2D eigenvalue weighted by Gasteiger charge is -2.18. The summed E-state index contributed by atoms with van der Waals surface area (Å²) in [5.41, 5.74) is 2.94. The van der Waals surface area contributed by atoms with E-state index in [0.29, 0.717) is 18.4 Å². The van der Waals surface area contributed by atoms with Crippen molar-refractivity contribution in [3.63, 3.8) is 0 Å². The predicted octanol–water partition coefficient (Wildman–Crippen LogP) is 3.82. The Balaban J connectivity index is 1.53. The number of hydrogen-bond acceptors (Lipinski definition) is 4. The highest BCUT2D eigenvalue weighted by atomic mass is 16.5. The fraction of sp³-hybridized carbons (Fsp3) is 0.273. The lowest BCUT2D eigenvalue weighted by atomic mass is 10.0. The number of oxazole rings is 1. The van der Waals surface area contributed by atoms with Gasteiger partial charge in [-0.1, -0.05) is 43.3 Å². The van der Waals surface area contributed by atoms with Crippen molar-refractivity contribution in [3.05, 3.63) is 72.1 Å². The summed E-state index contributed by atoms with van der Waals surface area (Å²) in [4.78, 5) is 8.80. The number of guanidine groups is 1. The Morgan fingerprint density at radius 2 is 1.86 bits per heavy atom. The minimum absolute atomic E-state index is 0.270. The van der Waals surface area contributed by atoms with Crippen LogP contribution >= 0.6 is 0 Å². The van der Waals surface area contributed by atoms with Crippen molar-refractivity contribution in [1.29, 1.82) is 0 Å². The van der Waals surface area contributed by atoms with Gasteiger partial charge in [-0.2, -0.15) is 0 Å². The van der Waals surface area contributed by atoms with Gasteiger partial charge >= 0.3 is 0 Å². The third-order valence-corrected chi connectivity index (χ3v) is 4.48. The van der Waals surface area contributed by atoms with Crippen LogP contribution in [0.4, 0.5) is 0 Å². The average molecular weight is 378 g/mol. The van der Waals surface area contributed by atoms with Crippen LogP contribution < -0.4 is 15.4 Å². The van der Waals surface area contributed by atoms with E-state index in [9.17, 15) is 0 Å². The zero-order valence-corrected chi connectivity index (χ0v) is 16.5. The van der Waals surface area contributed by atoms with Crippen LogP contribution in [-0.2, 0) is 6.54 Å². The minimum Gasteiger partial charge on any atom is -0.496 e. The van der Waals surface area contributed by atoms with Crippen LogP contribution in [0.3, 0.4) is 0 Å². The smallest absolute Gasteiger partial charge is 0.226 e. The largest absolute Gasteiger partial charge is 0.496 e. The molecule has 0 bridgehead atoms. The average Bonchev–Trinajstić information content (AvgIpc) is 3.23. The second-order valence-corrected chi connectivity index (χ2v) is 6.46. The summed E-state index contributed by atoms with van der Waals surface area (Å²) in [5.74, 6) is 2.50. The molecule has 0 saturated heterocycles. The Morgan fingerprint density at radius 3 is 2.61 bits per heavy atom. The van der Waals surface area contributed by atoms with Crippen molar-refractivity contribution in [2.75, 3.05) is 20.7 Å². The van der Waals surface area contributed by atoms with Crippen LogP contribution in [0.5, 0.6) is 5.75 Å². The van der Waals surface area contributed by atoms with Gasteiger partial charge in [0.05, 0.1) is 19.3 Å². The first-order valence-electron chi connectivity index (χ1n) is 9.28. The van der Waals surface area contributed by atoms with Crippen molar-refractivity contribution in [2.24, 2.45) is 4.99 Å². The number of aliphatic imine (C=N–C) groups is 1. The molecule has 0 spiro atoms. The van der Waals surface area contributed by atoms with Gasteiger partial charge in [-0.3, -0.25) is 4.99 Å². The van der Waals surface area contributed by atoms with Crippen molar-refractivity contribution >= 4 is 5.96 Å². The highest BCUT2D eigenvalue weighted by Gasteiger charge is 2.12. The second kappa shape index (κ2) is 9.60. The number of hydrogen-bond donors (Lipinski definition) is 2. The summed E-state index contributed by atoms with van der Waals surface area (Å²) in [6.07, 6.45) is 1.67. The molecule has 3 aromatic rings. The fourth-order valence-electron chi connectivity index (χ4n) is 2.93. The van der Waals surface area contributed by atoms with Crippen LogP contribution in [0.25, 0.3) is 11.5 Å². The molecular weight excluding hydrogens is 352 g/mol. The molecule has 2 aromatic carbocycles. The summed E-state index contributed by atoms with van der Waals surface area (Å²) < 4.78 is 11.0. The first-order valence-corrected chi connectivity index (χ1v) is 9.28. The molecule has 28 heavy (non-hydrogen) atoms. The molecule has 0 aliphatic carbocycles. The quantitative estimate of drug-likeness (QED) is 0.483. The number of rotatable bonds is 7. The van der Waals surface area contributed by atoms with E-state index in [0.717, 1.165) is 29.1 Å². The molecule has 0 aliphatic heterocycles. The third-order valence-electron chi connectivity index (χ3n) is 4.48. The molecule has 0 fully saturated rings. The molecule has 1 unspecified atom stereocenters. The molecule has 1 heterocycles. The standard InChI is InChI=1S/C22H26N4O2/c1-16(19-11-7-8-12-20(19)27-3)13-24-22(23-2)25-14-18-15-28-21(26-18)17-9-5-4-6-10-17/h4-12,15-16H,13-14H2,1-3H3,(H2,23,24,25). The van der Waals surface area contributed by atoms with Crippen molar-refractivity contribution in [2.45, 2.75) is 19.4 Å². The molecule has 0 aliphatic rings. The van der Waals surface area contributed by atoms with Crippen molar-refractivity contribution in [3.8, 4) is 17.2 Å². The van der Waals surface area contributed by atoms with Gasteiger partial charge in [0.15, 0.2) is 5.96 Å². The van der Waals surface area contributed by atoms with Gasteiger partial charge in [0, 0.05) is 25.1 Å². The number of aromatic nitrogens is 1. The zero-order valence-electron chi connectivity index (χ0n) is 16.5. The summed E-state index contributed by atoms with van der Waals surface area (Å²) in [6.45, 7) is 3.41. The van der Waals surface area contributed by atoms with Crippen LogP contribution in [0.1, 0.15) is 24.1 Å². The molecule has 2 N–H and O–H groups in total. The molecule has 1 atom stereocenters. The number of methoxy groups -OCH3 is 1. The van der Waals surface area contributed by atoms with Gasteiger partial charge in [0.2, 0.25) is 5.89 Å². The Labute approximate surface area is 165 Å². The van der Waals surface area contributed by atoms with E-state index in [-0.39, 0.29) is 5.92 Å². The van der Waals surface area contributed by atoms with E-state index >= 15 is 0 Å². The summed E-state index contributed by atoms with van der Waals surface area (Å²) in [7, 11) is 3.45. The van der Waals surface area contributed by atoms with Gasteiger partial charge in [-0.15, -0.1) is 0 Å². The molecule has 0 radical (unpaired) electrons. The molecular formula is C22H26N4O2. The third kappa shape index (κ3) is 4.91. The summed E-state index contributed by atoms with van der Waals surface area (Å²) in [5, 5.41) is 6.62. The second-order valence-electron chi connectivity index (χ2n) is 6.46. The number of para-hydroxylation sites is 1. The van der Waals surface area contributed by atoms with Crippen LogP contribution in [-0.4, -0.2) is 31.6 Å². The normalized spacial score (nSPS) is 12.5. The summed E-state index contributed by atoms with van der Waals surface area (Å²) in [6, 6.07) is 17.9. The topological polar surface area (TPSA) is 71.7 Å². The SMILES string of the molecule is CN=C(NCc1coc(-c2ccccc2)n1)NCC(C)c1ccccc1OC. The van der Waals surface area contributed by atoms with Crippen molar-refractivity contribution < 1.29 is 9.15 Å². The zero-order chi connectivity index (χ0) is 19.8. The minimum atomic E-state index is 0.270. The Bertz CT molecular complexity index is 906. The molecule has 6 heteroatoms. The van der Waals surface area contributed by atoms with E-state index in [2.05, 4.69) is 33.6 Å². The Hall–Kier alpha value is -3.28. The summed E-state index contributed by atoms with van der Waals surface area (Å²) >= 11 is 0. The molecule has 1 aromatic heterocycles. The highest BCUT2D eigenvalue weighted by molar-refractivity contribution is 5.79. The lowest BCUT2D eigenvalue weighted by Crippen LogP contribution is -2.38. The first-order chi connectivity index (χ1) is 13.7. The van der Waals surface area contributed by atoms with Gasteiger partial charge in [-0.05, 0) is 23.8 Å². The molecule has 146 valence electrons. The predicted molar refractivity (Wildman–Crippen MR) is 112 cm³/mol. The van der Waals surface area contributed by atoms with Crippen LogP contribution in [0.15, 0.2) is 70.3 Å². The van der Waals surface area contributed by atoms with E-state index < -0.39 is 0 Å². The Kier molecular flexibility index (Phi) is 6.68. The highest BCUT2D eigenvalue weighted by Crippen LogP contribution is 2.25. The number of nitrogens with zero attached hydrogens (tertiary/aromatic N) is 2. The van der Waals surface area contributed by atoms with E-state index in [1.807, 2.05) is 48.5 Å². The number of nitrogens with one attached hydrogen (secondary N) is 2. The Morgan fingerprint density at radius 1 is 1.11 bits per heavy atom. The van der Waals surface area contributed by atoms with Crippen LogP contribution in [0.2, 0.25) is 0 Å². The maximum absolute atomic E-state index is 5.57. The first kappa shape index (κ1) is 19.5.